The van der Waals surface area contributed by atoms with Crippen LogP contribution in [0, 0.1) is 31.9 Å². The minimum absolute atomic E-state index is 0.0941. The molecule has 0 aromatic heterocycles. The summed E-state index contributed by atoms with van der Waals surface area (Å²) in [6, 6.07) is 6.17. The molecule has 0 heterocycles. The summed E-state index contributed by atoms with van der Waals surface area (Å²) in [5.74, 6) is -2.11. The molecule has 0 aliphatic rings. The van der Waals surface area contributed by atoms with E-state index >= 15 is 0 Å². The first-order chi connectivity index (χ1) is 9.88. The summed E-state index contributed by atoms with van der Waals surface area (Å²) in [6.45, 7) is 0. The third-order valence-corrected chi connectivity index (χ3v) is 3.52. The highest BCUT2D eigenvalue weighted by molar-refractivity contribution is 7.99. The molecule has 2 aromatic rings. The molecule has 0 amide bonds. The fraction of sp³-hybridized carbons (Fsp3) is 0. The van der Waals surface area contributed by atoms with Crippen molar-refractivity contribution >= 4 is 23.1 Å². The number of hydrogen-bond donors (Lipinski definition) is 0. The maximum Gasteiger partial charge on any atom is 0.290 e. The summed E-state index contributed by atoms with van der Waals surface area (Å²) >= 11 is 0.815. The number of nitrogens with zero attached hydrogens (tertiary/aromatic N) is 2. The first-order valence-corrected chi connectivity index (χ1v) is 6.26. The molecule has 0 aliphatic heterocycles. The molecule has 9 heteroatoms. The molecule has 0 spiro atoms. The SMILES string of the molecule is O=[N+]([O-])c1ccc(Sc2ccc(F)c(F)c2)c([N+](=O)[O-])c1. The summed E-state index contributed by atoms with van der Waals surface area (Å²) in [7, 11) is 0. The molecule has 2 rings (SSSR count). The Hall–Kier alpha value is -2.55. The molecule has 0 atom stereocenters. The molecule has 21 heavy (non-hydrogen) atoms. The highest BCUT2D eigenvalue weighted by atomic mass is 32.2. The Morgan fingerprint density at radius 3 is 2.19 bits per heavy atom. The van der Waals surface area contributed by atoms with Gasteiger partial charge in [0, 0.05) is 11.0 Å². The van der Waals surface area contributed by atoms with Gasteiger partial charge in [-0.15, -0.1) is 0 Å². The highest BCUT2D eigenvalue weighted by Gasteiger charge is 2.20. The lowest BCUT2D eigenvalue weighted by Crippen LogP contribution is -1.94. The molecule has 0 aliphatic carbocycles. The topological polar surface area (TPSA) is 86.3 Å². The van der Waals surface area contributed by atoms with E-state index in [9.17, 15) is 29.0 Å². The van der Waals surface area contributed by atoms with Gasteiger partial charge < -0.3 is 0 Å². The van der Waals surface area contributed by atoms with Gasteiger partial charge in [-0.25, -0.2) is 8.78 Å². The van der Waals surface area contributed by atoms with Crippen LogP contribution in [0.4, 0.5) is 20.2 Å². The van der Waals surface area contributed by atoms with E-state index in [0.29, 0.717) is 0 Å². The van der Waals surface area contributed by atoms with Crippen LogP contribution in [0.25, 0.3) is 0 Å². The smallest absolute Gasteiger partial charge is 0.258 e. The van der Waals surface area contributed by atoms with Crippen molar-refractivity contribution in [2.75, 3.05) is 0 Å². The molecule has 0 bridgehead atoms. The highest BCUT2D eigenvalue weighted by Crippen LogP contribution is 2.37. The van der Waals surface area contributed by atoms with Crippen molar-refractivity contribution in [2.24, 2.45) is 0 Å². The number of halogens is 2. The summed E-state index contributed by atoms with van der Waals surface area (Å²) in [5.41, 5.74) is -0.893. The number of rotatable bonds is 4. The van der Waals surface area contributed by atoms with Gasteiger partial charge in [0.25, 0.3) is 11.4 Å². The number of nitro benzene ring substituents is 2. The third kappa shape index (κ3) is 3.31. The van der Waals surface area contributed by atoms with Gasteiger partial charge in [-0.05, 0) is 24.3 Å². The molecule has 0 radical (unpaired) electrons. The third-order valence-electron chi connectivity index (χ3n) is 2.47. The number of nitro groups is 2. The van der Waals surface area contributed by atoms with Gasteiger partial charge in [0.2, 0.25) is 0 Å². The zero-order chi connectivity index (χ0) is 15.6. The minimum Gasteiger partial charge on any atom is -0.258 e. The van der Waals surface area contributed by atoms with Gasteiger partial charge in [-0.3, -0.25) is 20.2 Å². The van der Waals surface area contributed by atoms with Crippen LogP contribution in [0.3, 0.4) is 0 Å². The Kier molecular flexibility index (Phi) is 4.13. The van der Waals surface area contributed by atoms with Gasteiger partial charge in [0.05, 0.1) is 20.8 Å². The lowest BCUT2D eigenvalue weighted by molar-refractivity contribution is -0.396. The molecule has 108 valence electrons. The van der Waals surface area contributed by atoms with Gasteiger partial charge in [0.15, 0.2) is 11.6 Å². The van der Waals surface area contributed by atoms with Gasteiger partial charge >= 0.3 is 0 Å². The Balaban J connectivity index is 2.41. The Morgan fingerprint density at radius 1 is 0.905 bits per heavy atom. The van der Waals surface area contributed by atoms with Crippen LogP contribution in [-0.4, -0.2) is 9.85 Å². The normalized spacial score (nSPS) is 10.4. The largest absolute Gasteiger partial charge is 0.290 e. The van der Waals surface area contributed by atoms with E-state index in [0.717, 1.165) is 36.0 Å². The van der Waals surface area contributed by atoms with E-state index in [1.165, 1.54) is 12.1 Å². The monoisotopic (exact) mass is 312 g/mol. The van der Waals surface area contributed by atoms with Crippen LogP contribution in [0.2, 0.25) is 0 Å². The number of non-ortho nitro benzene ring substituents is 1. The van der Waals surface area contributed by atoms with E-state index in [1.54, 1.807) is 0 Å². The van der Waals surface area contributed by atoms with Crippen LogP contribution in [-0.2, 0) is 0 Å². The summed E-state index contributed by atoms with van der Waals surface area (Å²) < 4.78 is 25.9. The van der Waals surface area contributed by atoms with E-state index in [-0.39, 0.29) is 9.79 Å². The maximum atomic E-state index is 13.1. The molecule has 0 saturated heterocycles. The van der Waals surface area contributed by atoms with Crippen LogP contribution in [0.1, 0.15) is 0 Å². The fourth-order valence-electron chi connectivity index (χ4n) is 1.52. The van der Waals surface area contributed by atoms with Crippen molar-refractivity contribution in [3.05, 3.63) is 68.3 Å². The Bertz CT molecular complexity index is 739. The second-order valence-electron chi connectivity index (χ2n) is 3.84. The quantitative estimate of drug-likeness (QED) is 0.630. The van der Waals surface area contributed by atoms with Gasteiger partial charge in [-0.2, -0.15) is 0 Å². The average Bonchev–Trinajstić information content (AvgIpc) is 2.43. The Labute approximate surface area is 120 Å². The van der Waals surface area contributed by atoms with Crippen LogP contribution in [0.15, 0.2) is 46.2 Å². The molecule has 0 N–H and O–H groups in total. The van der Waals surface area contributed by atoms with Crippen molar-refractivity contribution in [1.82, 2.24) is 0 Å². The lowest BCUT2D eigenvalue weighted by Gasteiger charge is -2.03. The summed E-state index contributed by atoms with van der Waals surface area (Å²) in [6.07, 6.45) is 0. The minimum atomic E-state index is -1.08. The molecule has 2 aromatic carbocycles. The molecule has 0 fully saturated rings. The first-order valence-electron chi connectivity index (χ1n) is 5.44. The van der Waals surface area contributed by atoms with Crippen molar-refractivity contribution in [3.63, 3.8) is 0 Å². The van der Waals surface area contributed by atoms with Crippen molar-refractivity contribution in [2.45, 2.75) is 9.79 Å². The van der Waals surface area contributed by atoms with Crippen molar-refractivity contribution in [3.8, 4) is 0 Å². The van der Waals surface area contributed by atoms with E-state index in [1.807, 2.05) is 0 Å². The predicted octanol–water partition coefficient (Wildman–Crippen LogP) is 3.93. The van der Waals surface area contributed by atoms with Crippen LogP contribution in [0.5, 0.6) is 0 Å². The van der Waals surface area contributed by atoms with E-state index in [4.69, 9.17) is 0 Å². The number of benzene rings is 2. The maximum absolute atomic E-state index is 13.1. The van der Waals surface area contributed by atoms with Crippen molar-refractivity contribution in [1.29, 1.82) is 0 Å². The molecule has 6 nitrogen and oxygen atoms in total. The predicted molar refractivity (Wildman–Crippen MR) is 70.2 cm³/mol. The standard InChI is InChI=1S/C12H6F2N2O4S/c13-9-3-2-8(6-10(9)14)21-12-4-1-7(15(17)18)5-11(12)16(19)20/h1-6H. The average molecular weight is 312 g/mol. The van der Waals surface area contributed by atoms with Gasteiger partial charge in [-0.1, -0.05) is 11.8 Å². The molecular weight excluding hydrogens is 306 g/mol. The molecule has 0 unspecified atom stereocenters. The van der Waals surface area contributed by atoms with Gasteiger partial charge in [0.1, 0.15) is 0 Å². The number of hydrogen-bond acceptors (Lipinski definition) is 5. The van der Waals surface area contributed by atoms with Crippen LogP contribution >= 0.6 is 11.8 Å². The fourth-order valence-corrected chi connectivity index (χ4v) is 2.44. The summed E-state index contributed by atoms with van der Waals surface area (Å²) in [5, 5.41) is 21.6. The zero-order valence-electron chi connectivity index (χ0n) is 10.2. The molecule has 0 saturated carbocycles. The van der Waals surface area contributed by atoms with E-state index in [2.05, 4.69) is 0 Å². The first kappa shape index (κ1) is 14.9. The summed E-state index contributed by atoms with van der Waals surface area (Å²) in [4.78, 5) is 20.4. The van der Waals surface area contributed by atoms with Crippen LogP contribution < -0.4 is 0 Å². The van der Waals surface area contributed by atoms with Crippen molar-refractivity contribution < 1.29 is 18.6 Å². The zero-order valence-corrected chi connectivity index (χ0v) is 11.0. The second-order valence-corrected chi connectivity index (χ2v) is 4.96. The molecular formula is C12H6F2N2O4S. The lowest BCUT2D eigenvalue weighted by atomic mass is 10.3. The Morgan fingerprint density at radius 2 is 1.62 bits per heavy atom. The van der Waals surface area contributed by atoms with E-state index < -0.39 is 32.9 Å². The second kappa shape index (κ2) is 5.83.